The molecular formula is C7H10ClNS. The van der Waals surface area contributed by atoms with Gasteiger partial charge < -0.3 is 5.32 Å². The van der Waals surface area contributed by atoms with Crippen molar-refractivity contribution in [1.82, 2.24) is 5.32 Å². The van der Waals surface area contributed by atoms with Crippen LogP contribution in [0.5, 0.6) is 0 Å². The van der Waals surface area contributed by atoms with Gasteiger partial charge in [0.1, 0.15) is 0 Å². The van der Waals surface area contributed by atoms with Gasteiger partial charge in [0, 0.05) is 6.04 Å². The van der Waals surface area contributed by atoms with E-state index < -0.39 is 0 Å². The van der Waals surface area contributed by atoms with E-state index in [-0.39, 0.29) is 12.4 Å². The summed E-state index contributed by atoms with van der Waals surface area (Å²) >= 11 is 1.78. The van der Waals surface area contributed by atoms with E-state index in [1.54, 1.807) is 11.3 Å². The highest BCUT2D eigenvalue weighted by atomic mass is 35.5. The summed E-state index contributed by atoms with van der Waals surface area (Å²) in [7, 11) is 0. The van der Waals surface area contributed by atoms with Crippen LogP contribution >= 0.6 is 23.7 Å². The quantitative estimate of drug-likeness (QED) is 0.690. The maximum absolute atomic E-state index is 3.35. The van der Waals surface area contributed by atoms with Crippen LogP contribution in [0.15, 0.2) is 16.8 Å². The van der Waals surface area contributed by atoms with Gasteiger partial charge in [0.15, 0.2) is 0 Å². The Morgan fingerprint density at radius 2 is 2.40 bits per heavy atom. The summed E-state index contributed by atoms with van der Waals surface area (Å²) in [4.78, 5) is 0. The van der Waals surface area contributed by atoms with Crippen molar-refractivity contribution in [3.05, 3.63) is 22.4 Å². The summed E-state index contributed by atoms with van der Waals surface area (Å²) in [6, 6.07) is 2.87. The number of hydrogen-bond acceptors (Lipinski definition) is 2. The standard InChI is InChI=1S/C7H9NS.ClH/c1-3-8-7(1)6-2-4-9-5-6;/h2,4-5,7-8H,1,3H2;1H/t7-;/m1./s1. The van der Waals surface area contributed by atoms with E-state index in [4.69, 9.17) is 0 Å². The molecule has 1 aliphatic rings. The molecule has 1 aliphatic heterocycles. The Labute approximate surface area is 70.9 Å². The zero-order valence-electron chi connectivity index (χ0n) is 5.54. The number of nitrogens with one attached hydrogen (secondary N) is 1. The van der Waals surface area contributed by atoms with Crippen molar-refractivity contribution < 1.29 is 0 Å². The van der Waals surface area contributed by atoms with Crippen molar-refractivity contribution in [3.8, 4) is 0 Å². The summed E-state index contributed by atoms with van der Waals surface area (Å²) in [5, 5.41) is 7.71. The Kier molecular flexibility index (Phi) is 2.72. The molecule has 1 aromatic heterocycles. The van der Waals surface area contributed by atoms with Crippen molar-refractivity contribution in [3.63, 3.8) is 0 Å². The van der Waals surface area contributed by atoms with E-state index in [0.29, 0.717) is 6.04 Å². The molecule has 10 heavy (non-hydrogen) atoms. The second-order valence-electron chi connectivity index (χ2n) is 2.35. The Morgan fingerprint density at radius 1 is 1.60 bits per heavy atom. The Hall–Kier alpha value is -0.0500. The first-order valence-electron chi connectivity index (χ1n) is 3.22. The SMILES string of the molecule is Cl.c1cc([C@H]2CCN2)cs1. The third-order valence-corrected chi connectivity index (χ3v) is 2.47. The van der Waals surface area contributed by atoms with Crippen molar-refractivity contribution in [2.24, 2.45) is 0 Å². The summed E-state index contributed by atoms with van der Waals surface area (Å²) < 4.78 is 0. The minimum absolute atomic E-state index is 0. The fourth-order valence-corrected chi connectivity index (χ4v) is 1.76. The lowest BCUT2D eigenvalue weighted by Gasteiger charge is -2.26. The van der Waals surface area contributed by atoms with E-state index in [0.717, 1.165) is 0 Å². The maximum Gasteiger partial charge on any atom is 0.0340 e. The first kappa shape index (κ1) is 8.05. The smallest absolute Gasteiger partial charge is 0.0340 e. The van der Waals surface area contributed by atoms with Crippen LogP contribution in [0.25, 0.3) is 0 Å². The third kappa shape index (κ3) is 1.34. The molecule has 2 heterocycles. The van der Waals surface area contributed by atoms with E-state index in [1.807, 2.05) is 0 Å². The Balaban J connectivity index is 0.000000500. The number of thiophene rings is 1. The van der Waals surface area contributed by atoms with Gasteiger partial charge in [-0.25, -0.2) is 0 Å². The zero-order valence-corrected chi connectivity index (χ0v) is 7.17. The van der Waals surface area contributed by atoms with E-state index in [9.17, 15) is 0 Å². The molecule has 1 fully saturated rings. The molecule has 1 saturated heterocycles. The monoisotopic (exact) mass is 175 g/mol. The number of hydrogen-bond donors (Lipinski definition) is 1. The van der Waals surface area contributed by atoms with Gasteiger partial charge in [-0.2, -0.15) is 11.3 Å². The van der Waals surface area contributed by atoms with Gasteiger partial charge in [0.2, 0.25) is 0 Å². The predicted molar refractivity (Wildman–Crippen MR) is 46.9 cm³/mol. The topological polar surface area (TPSA) is 12.0 Å². The maximum atomic E-state index is 3.35. The Bertz CT molecular complexity index is 181. The van der Waals surface area contributed by atoms with Crippen LogP contribution in [-0.4, -0.2) is 6.54 Å². The zero-order chi connectivity index (χ0) is 6.10. The van der Waals surface area contributed by atoms with Crippen molar-refractivity contribution >= 4 is 23.7 Å². The van der Waals surface area contributed by atoms with Crippen LogP contribution in [0.2, 0.25) is 0 Å². The van der Waals surface area contributed by atoms with Gasteiger partial charge in [-0.3, -0.25) is 0 Å². The molecule has 1 N–H and O–H groups in total. The van der Waals surface area contributed by atoms with E-state index in [1.165, 1.54) is 18.5 Å². The highest BCUT2D eigenvalue weighted by Crippen LogP contribution is 2.23. The van der Waals surface area contributed by atoms with Crippen LogP contribution in [0, 0.1) is 0 Å². The molecule has 0 aliphatic carbocycles. The summed E-state index contributed by atoms with van der Waals surface area (Å²) in [5.41, 5.74) is 1.46. The largest absolute Gasteiger partial charge is 0.310 e. The lowest BCUT2D eigenvalue weighted by molar-refractivity contribution is 0.384. The first-order valence-corrected chi connectivity index (χ1v) is 4.16. The fraction of sp³-hybridized carbons (Fsp3) is 0.429. The average Bonchev–Trinajstić information content (AvgIpc) is 2.11. The van der Waals surface area contributed by atoms with Gasteiger partial charge in [-0.05, 0) is 35.4 Å². The summed E-state index contributed by atoms with van der Waals surface area (Å²) in [5.74, 6) is 0. The molecule has 0 radical (unpaired) electrons. The highest BCUT2D eigenvalue weighted by molar-refractivity contribution is 7.07. The minimum atomic E-state index is 0. The van der Waals surface area contributed by atoms with Crippen LogP contribution in [0.3, 0.4) is 0 Å². The van der Waals surface area contributed by atoms with Crippen molar-refractivity contribution in [2.75, 3.05) is 6.54 Å². The Morgan fingerprint density at radius 3 is 2.80 bits per heavy atom. The van der Waals surface area contributed by atoms with Crippen LogP contribution < -0.4 is 5.32 Å². The lowest BCUT2D eigenvalue weighted by Crippen LogP contribution is -2.34. The van der Waals surface area contributed by atoms with Crippen molar-refractivity contribution in [2.45, 2.75) is 12.5 Å². The summed E-state index contributed by atoms with van der Waals surface area (Å²) in [6.45, 7) is 1.19. The molecular weight excluding hydrogens is 166 g/mol. The minimum Gasteiger partial charge on any atom is -0.310 e. The van der Waals surface area contributed by atoms with Crippen molar-refractivity contribution in [1.29, 1.82) is 0 Å². The molecule has 1 atom stereocenters. The van der Waals surface area contributed by atoms with Crippen LogP contribution in [0.1, 0.15) is 18.0 Å². The fourth-order valence-electron chi connectivity index (χ4n) is 1.05. The van der Waals surface area contributed by atoms with Gasteiger partial charge >= 0.3 is 0 Å². The first-order chi connectivity index (χ1) is 4.47. The summed E-state index contributed by atoms with van der Waals surface area (Å²) in [6.07, 6.45) is 1.32. The molecule has 0 aromatic carbocycles. The van der Waals surface area contributed by atoms with Gasteiger partial charge in [-0.15, -0.1) is 12.4 Å². The van der Waals surface area contributed by atoms with Gasteiger partial charge in [0.05, 0.1) is 0 Å². The van der Waals surface area contributed by atoms with E-state index >= 15 is 0 Å². The van der Waals surface area contributed by atoms with Crippen LogP contribution in [0.4, 0.5) is 0 Å². The third-order valence-electron chi connectivity index (χ3n) is 1.77. The molecule has 1 nitrogen and oxygen atoms in total. The molecule has 0 saturated carbocycles. The highest BCUT2D eigenvalue weighted by Gasteiger charge is 2.17. The number of halogens is 1. The molecule has 56 valence electrons. The van der Waals surface area contributed by atoms with Crippen LogP contribution in [-0.2, 0) is 0 Å². The lowest BCUT2D eigenvalue weighted by atomic mass is 10.0. The van der Waals surface area contributed by atoms with Gasteiger partial charge in [-0.1, -0.05) is 0 Å². The molecule has 0 spiro atoms. The molecule has 2 rings (SSSR count). The number of rotatable bonds is 1. The molecule has 3 heteroatoms. The molecule has 0 amide bonds. The molecule has 1 aromatic rings. The molecule has 0 unspecified atom stereocenters. The second-order valence-corrected chi connectivity index (χ2v) is 3.13. The average molecular weight is 176 g/mol. The predicted octanol–water partition coefficient (Wildman–Crippen LogP) is 2.20. The molecule has 0 bridgehead atoms. The second kappa shape index (κ2) is 3.37. The normalized spacial score (nSPS) is 23.0. The van der Waals surface area contributed by atoms with E-state index in [2.05, 4.69) is 22.1 Å². The van der Waals surface area contributed by atoms with Gasteiger partial charge in [0.25, 0.3) is 0 Å².